The average Bonchev–Trinajstić information content (AvgIpc) is 2.03. The highest BCUT2D eigenvalue weighted by atomic mass is 16.1. The minimum Gasteiger partial charge on any atom is -0.343 e. The second-order valence-corrected chi connectivity index (χ2v) is 3.98. The van der Waals surface area contributed by atoms with Gasteiger partial charge in [0.05, 0.1) is 0 Å². The van der Waals surface area contributed by atoms with Gasteiger partial charge in [-0.25, -0.2) is 0 Å². The third-order valence-electron chi connectivity index (χ3n) is 2.96. The van der Waals surface area contributed by atoms with Crippen molar-refractivity contribution in [3.8, 4) is 0 Å². The highest BCUT2D eigenvalue weighted by Gasteiger charge is 2.30. The summed E-state index contributed by atoms with van der Waals surface area (Å²) in [5, 5.41) is 0. The number of rotatable bonds is 5. The topological polar surface area (TPSA) is 20.3 Å². The van der Waals surface area contributed by atoms with Crippen LogP contribution < -0.4 is 0 Å². The first-order valence-corrected chi connectivity index (χ1v) is 4.67. The molecule has 2 heteroatoms. The Kier molecular flexibility index (Phi) is 4.29. The summed E-state index contributed by atoms with van der Waals surface area (Å²) in [5.41, 5.74) is 0.0243. The number of carbonyl (C=O) groups excluding carboxylic acids is 1. The average molecular weight is 171 g/mol. The van der Waals surface area contributed by atoms with Crippen molar-refractivity contribution < 1.29 is 4.79 Å². The molecule has 1 amide bonds. The molecule has 0 aromatic heterocycles. The first-order chi connectivity index (χ1) is 5.49. The zero-order valence-electron chi connectivity index (χ0n) is 8.92. The molecule has 0 bridgehead atoms. The molecule has 72 valence electrons. The van der Waals surface area contributed by atoms with E-state index in [0.717, 1.165) is 19.3 Å². The highest BCUT2D eigenvalue weighted by molar-refractivity contribution is 5.48. The molecule has 0 rings (SSSR count). The molecule has 0 aliphatic rings. The number of carbonyl (C=O) groups is 1. The summed E-state index contributed by atoms with van der Waals surface area (Å²) in [6, 6.07) is 0. The standard InChI is InChI=1S/C10H21NO/c1-6-7-10(4,9(2)3)11(5)8-12/h8-9H,6-7H2,1-5H3. The van der Waals surface area contributed by atoms with Gasteiger partial charge < -0.3 is 4.90 Å². The molecule has 0 radical (unpaired) electrons. The summed E-state index contributed by atoms with van der Waals surface area (Å²) in [6.45, 7) is 8.63. The SMILES string of the molecule is CCCC(C)(C(C)C)N(C)C=O. The van der Waals surface area contributed by atoms with Crippen LogP contribution in [0.4, 0.5) is 0 Å². The summed E-state index contributed by atoms with van der Waals surface area (Å²) in [5.74, 6) is 0.507. The largest absolute Gasteiger partial charge is 0.343 e. The zero-order valence-corrected chi connectivity index (χ0v) is 8.92. The summed E-state index contributed by atoms with van der Waals surface area (Å²) < 4.78 is 0. The lowest BCUT2D eigenvalue weighted by Crippen LogP contribution is -2.47. The lowest BCUT2D eigenvalue weighted by molar-refractivity contribution is -0.123. The van der Waals surface area contributed by atoms with Crippen molar-refractivity contribution in [1.82, 2.24) is 4.90 Å². The molecule has 0 N–H and O–H groups in total. The zero-order chi connectivity index (χ0) is 9.78. The molecule has 2 nitrogen and oxygen atoms in total. The predicted molar refractivity (Wildman–Crippen MR) is 52.0 cm³/mol. The molecule has 0 saturated carbocycles. The van der Waals surface area contributed by atoms with E-state index in [0.29, 0.717) is 5.92 Å². The van der Waals surface area contributed by atoms with E-state index in [2.05, 4.69) is 27.7 Å². The molecule has 12 heavy (non-hydrogen) atoms. The van der Waals surface area contributed by atoms with Crippen LogP contribution in [0.2, 0.25) is 0 Å². The van der Waals surface area contributed by atoms with Crippen LogP contribution in [-0.4, -0.2) is 23.9 Å². The van der Waals surface area contributed by atoms with E-state index in [4.69, 9.17) is 0 Å². The molecule has 0 aromatic carbocycles. The van der Waals surface area contributed by atoms with Gasteiger partial charge in [-0.3, -0.25) is 4.79 Å². The van der Waals surface area contributed by atoms with E-state index in [1.54, 1.807) is 4.90 Å². The van der Waals surface area contributed by atoms with Crippen LogP contribution in [0.15, 0.2) is 0 Å². The van der Waals surface area contributed by atoms with E-state index in [1.165, 1.54) is 0 Å². The fourth-order valence-electron chi connectivity index (χ4n) is 1.50. The van der Waals surface area contributed by atoms with Crippen molar-refractivity contribution in [1.29, 1.82) is 0 Å². The van der Waals surface area contributed by atoms with Crippen molar-refractivity contribution in [2.24, 2.45) is 5.92 Å². The van der Waals surface area contributed by atoms with Crippen LogP contribution >= 0.6 is 0 Å². The Morgan fingerprint density at radius 2 is 2.00 bits per heavy atom. The monoisotopic (exact) mass is 171 g/mol. The molecule has 0 saturated heterocycles. The molecule has 0 aliphatic carbocycles. The summed E-state index contributed by atoms with van der Waals surface area (Å²) in [6.07, 6.45) is 3.11. The molecule has 0 aromatic rings. The van der Waals surface area contributed by atoms with Gasteiger partial charge in [0.1, 0.15) is 0 Å². The van der Waals surface area contributed by atoms with Gasteiger partial charge in [0, 0.05) is 12.6 Å². The maximum absolute atomic E-state index is 10.7. The molecular weight excluding hydrogens is 150 g/mol. The Balaban J connectivity index is 4.48. The lowest BCUT2D eigenvalue weighted by atomic mass is 9.83. The Morgan fingerprint density at radius 1 is 1.50 bits per heavy atom. The van der Waals surface area contributed by atoms with E-state index < -0.39 is 0 Å². The minimum absolute atomic E-state index is 0.0243. The van der Waals surface area contributed by atoms with Crippen LogP contribution in [0, 0.1) is 5.92 Å². The first kappa shape index (κ1) is 11.5. The fourth-order valence-corrected chi connectivity index (χ4v) is 1.50. The Bertz CT molecular complexity index is 145. The molecule has 0 heterocycles. The number of hydrogen-bond acceptors (Lipinski definition) is 1. The van der Waals surface area contributed by atoms with Crippen LogP contribution in [0.1, 0.15) is 40.5 Å². The van der Waals surface area contributed by atoms with Crippen molar-refractivity contribution in [2.45, 2.75) is 46.1 Å². The molecule has 0 spiro atoms. The number of amides is 1. The van der Waals surface area contributed by atoms with Crippen LogP contribution in [-0.2, 0) is 4.79 Å². The second-order valence-electron chi connectivity index (χ2n) is 3.98. The van der Waals surface area contributed by atoms with Crippen LogP contribution in [0.3, 0.4) is 0 Å². The van der Waals surface area contributed by atoms with Crippen molar-refractivity contribution in [3.63, 3.8) is 0 Å². The number of nitrogens with zero attached hydrogens (tertiary/aromatic N) is 1. The maximum atomic E-state index is 10.7. The van der Waals surface area contributed by atoms with Crippen LogP contribution in [0.5, 0.6) is 0 Å². The minimum atomic E-state index is 0.0243. The van der Waals surface area contributed by atoms with E-state index in [-0.39, 0.29) is 5.54 Å². The Morgan fingerprint density at radius 3 is 2.25 bits per heavy atom. The van der Waals surface area contributed by atoms with E-state index in [1.807, 2.05) is 7.05 Å². The van der Waals surface area contributed by atoms with Gasteiger partial charge in [0.25, 0.3) is 0 Å². The van der Waals surface area contributed by atoms with E-state index >= 15 is 0 Å². The van der Waals surface area contributed by atoms with Gasteiger partial charge in [0.2, 0.25) is 6.41 Å². The summed E-state index contributed by atoms with van der Waals surface area (Å²) >= 11 is 0. The highest BCUT2D eigenvalue weighted by Crippen LogP contribution is 2.27. The van der Waals surface area contributed by atoms with Crippen molar-refractivity contribution in [2.75, 3.05) is 7.05 Å². The quantitative estimate of drug-likeness (QED) is 0.581. The lowest BCUT2D eigenvalue weighted by Gasteiger charge is -2.40. The van der Waals surface area contributed by atoms with Gasteiger partial charge in [-0.1, -0.05) is 27.2 Å². The van der Waals surface area contributed by atoms with Gasteiger partial charge in [0.15, 0.2) is 0 Å². The summed E-state index contributed by atoms with van der Waals surface area (Å²) in [4.78, 5) is 12.4. The Labute approximate surface area is 75.9 Å². The van der Waals surface area contributed by atoms with E-state index in [9.17, 15) is 4.79 Å². The molecule has 1 atom stereocenters. The Hall–Kier alpha value is -0.530. The second kappa shape index (κ2) is 4.48. The maximum Gasteiger partial charge on any atom is 0.209 e. The first-order valence-electron chi connectivity index (χ1n) is 4.67. The normalized spacial score (nSPS) is 15.8. The number of hydrogen-bond donors (Lipinski definition) is 0. The smallest absolute Gasteiger partial charge is 0.209 e. The third kappa shape index (κ3) is 2.23. The molecule has 1 unspecified atom stereocenters. The third-order valence-corrected chi connectivity index (χ3v) is 2.96. The summed E-state index contributed by atoms with van der Waals surface area (Å²) in [7, 11) is 1.86. The van der Waals surface area contributed by atoms with Gasteiger partial charge >= 0.3 is 0 Å². The van der Waals surface area contributed by atoms with Crippen molar-refractivity contribution >= 4 is 6.41 Å². The molecule has 0 fully saturated rings. The van der Waals surface area contributed by atoms with Gasteiger partial charge in [-0.15, -0.1) is 0 Å². The molecular formula is C10H21NO. The van der Waals surface area contributed by atoms with Gasteiger partial charge in [-0.05, 0) is 19.3 Å². The predicted octanol–water partition coefficient (Wildman–Crippen LogP) is 2.29. The van der Waals surface area contributed by atoms with Crippen LogP contribution in [0.25, 0.3) is 0 Å². The fraction of sp³-hybridized carbons (Fsp3) is 0.900. The molecule has 0 aliphatic heterocycles. The van der Waals surface area contributed by atoms with Gasteiger partial charge in [-0.2, -0.15) is 0 Å². The van der Waals surface area contributed by atoms with Crippen molar-refractivity contribution in [3.05, 3.63) is 0 Å².